The monoisotopic (exact) mass is 339 g/mol. The summed E-state index contributed by atoms with van der Waals surface area (Å²) in [6, 6.07) is 17.2. The molecule has 1 N–H and O–H groups in total. The number of carbonyl (C=O) groups is 2. The normalized spacial score (nSPS) is 12.9. The highest BCUT2D eigenvalue weighted by Crippen LogP contribution is 2.18. The van der Waals surface area contributed by atoms with E-state index in [1.165, 1.54) is 5.56 Å². The minimum atomic E-state index is -0.833. The third-order valence-corrected chi connectivity index (χ3v) is 4.30. The number of esters is 1. The zero-order chi connectivity index (χ0) is 18.2. The van der Waals surface area contributed by atoms with Gasteiger partial charge in [-0.05, 0) is 37.5 Å². The Kier molecular flexibility index (Phi) is 6.75. The Morgan fingerprint density at radius 2 is 1.68 bits per heavy atom. The maximum atomic E-state index is 12.3. The Morgan fingerprint density at radius 1 is 1.04 bits per heavy atom. The second-order valence-electron chi connectivity index (χ2n) is 6.12. The van der Waals surface area contributed by atoms with Gasteiger partial charge in [0, 0.05) is 12.5 Å². The first-order valence-corrected chi connectivity index (χ1v) is 8.62. The average molecular weight is 339 g/mol. The topological polar surface area (TPSA) is 55.4 Å². The van der Waals surface area contributed by atoms with Crippen molar-refractivity contribution in [1.29, 1.82) is 0 Å². The number of rotatable bonds is 7. The van der Waals surface area contributed by atoms with Crippen molar-refractivity contribution >= 4 is 11.9 Å². The fourth-order valence-electron chi connectivity index (χ4n) is 2.67. The van der Waals surface area contributed by atoms with E-state index in [1.807, 2.05) is 37.3 Å². The fraction of sp³-hybridized carbons (Fsp3) is 0.333. The average Bonchev–Trinajstić information content (AvgIpc) is 2.63. The van der Waals surface area contributed by atoms with Gasteiger partial charge in [-0.2, -0.15) is 0 Å². The van der Waals surface area contributed by atoms with Crippen LogP contribution in [-0.2, 0) is 9.53 Å². The quantitative estimate of drug-likeness (QED) is 0.780. The Morgan fingerprint density at radius 3 is 2.32 bits per heavy atom. The predicted molar refractivity (Wildman–Crippen MR) is 98.5 cm³/mol. The summed E-state index contributed by atoms with van der Waals surface area (Å²) in [7, 11) is 0. The second kappa shape index (κ2) is 9.02. The summed E-state index contributed by atoms with van der Waals surface area (Å²) < 4.78 is 5.30. The van der Waals surface area contributed by atoms with E-state index in [-0.39, 0.29) is 11.8 Å². The lowest BCUT2D eigenvalue weighted by Crippen LogP contribution is -2.38. The van der Waals surface area contributed by atoms with Gasteiger partial charge < -0.3 is 10.1 Å². The molecular weight excluding hydrogens is 314 g/mol. The van der Waals surface area contributed by atoms with Crippen molar-refractivity contribution in [3.8, 4) is 0 Å². The molecule has 0 saturated heterocycles. The van der Waals surface area contributed by atoms with Crippen LogP contribution in [0.5, 0.6) is 0 Å². The standard InChI is InChI=1S/C21H25NO3/c1-4-17(18-11-6-5-7-12-18)14-22-20(23)16(3)25-21(24)19-13-9-8-10-15(19)2/h5-13,16-17H,4,14H2,1-3H3,(H,22,23)/t16-,17+/m0/s1. The molecule has 0 saturated carbocycles. The van der Waals surface area contributed by atoms with E-state index in [1.54, 1.807) is 19.1 Å². The number of amides is 1. The van der Waals surface area contributed by atoms with Crippen LogP contribution in [0.2, 0.25) is 0 Å². The summed E-state index contributed by atoms with van der Waals surface area (Å²) >= 11 is 0. The van der Waals surface area contributed by atoms with Gasteiger partial charge in [0.1, 0.15) is 0 Å². The van der Waals surface area contributed by atoms with Crippen LogP contribution in [0.4, 0.5) is 0 Å². The molecule has 0 aliphatic rings. The molecule has 0 spiro atoms. The molecule has 4 heteroatoms. The minimum absolute atomic E-state index is 0.240. The highest BCUT2D eigenvalue weighted by Gasteiger charge is 2.20. The zero-order valence-electron chi connectivity index (χ0n) is 15.0. The van der Waals surface area contributed by atoms with Gasteiger partial charge >= 0.3 is 5.97 Å². The molecule has 0 aliphatic heterocycles. The van der Waals surface area contributed by atoms with Crippen LogP contribution in [-0.4, -0.2) is 24.5 Å². The molecule has 0 unspecified atom stereocenters. The van der Waals surface area contributed by atoms with Gasteiger partial charge in [-0.1, -0.05) is 55.5 Å². The maximum Gasteiger partial charge on any atom is 0.339 e. The number of ether oxygens (including phenoxy) is 1. The molecule has 132 valence electrons. The Bertz CT molecular complexity index is 712. The van der Waals surface area contributed by atoms with Crippen LogP contribution in [0.15, 0.2) is 54.6 Å². The van der Waals surface area contributed by atoms with Crippen LogP contribution in [0.25, 0.3) is 0 Å². The molecule has 2 rings (SSSR count). The molecule has 0 radical (unpaired) electrons. The van der Waals surface area contributed by atoms with E-state index in [2.05, 4.69) is 24.4 Å². The van der Waals surface area contributed by atoms with E-state index in [4.69, 9.17) is 4.74 Å². The van der Waals surface area contributed by atoms with Crippen molar-refractivity contribution in [2.24, 2.45) is 0 Å². The number of nitrogens with one attached hydrogen (secondary N) is 1. The molecular formula is C21H25NO3. The van der Waals surface area contributed by atoms with E-state index in [0.29, 0.717) is 12.1 Å². The van der Waals surface area contributed by atoms with Gasteiger partial charge in [-0.15, -0.1) is 0 Å². The molecule has 25 heavy (non-hydrogen) atoms. The van der Waals surface area contributed by atoms with Crippen LogP contribution in [0.1, 0.15) is 47.7 Å². The number of hydrogen-bond donors (Lipinski definition) is 1. The summed E-state index contributed by atoms with van der Waals surface area (Å²) in [5, 5.41) is 2.89. The first-order valence-electron chi connectivity index (χ1n) is 8.62. The SMILES string of the molecule is CC[C@H](CNC(=O)[C@H](C)OC(=O)c1ccccc1C)c1ccccc1. The molecule has 0 bridgehead atoms. The zero-order valence-corrected chi connectivity index (χ0v) is 15.0. The lowest BCUT2D eigenvalue weighted by atomic mass is 9.96. The lowest BCUT2D eigenvalue weighted by Gasteiger charge is -2.19. The van der Waals surface area contributed by atoms with Crippen molar-refractivity contribution in [2.45, 2.75) is 39.2 Å². The first kappa shape index (κ1) is 18.7. The maximum absolute atomic E-state index is 12.3. The summed E-state index contributed by atoms with van der Waals surface area (Å²) in [4.78, 5) is 24.5. The van der Waals surface area contributed by atoms with Gasteiger partial charge in [0.05, 0.1) is 5.56 Å². The summed E-state index contributed by atoms with van der Waals surface area (Å²) in [6.07, 6.45) is 0.0853. The number of hydrogen-bond acceptors (Lipinski definition) is 3. The third-order valence-electron chi connectivity index (χ3n) is 4.30. The van der Waals surface area contributed by atoms with Crippen molar-refractivity contribution in [2.75, 3.05) is 6.54 Å². The highest BCUT2D eigenvalue weighted by molar-refractivity contribution is 5.93. The molecule has 1 amide bonds. The van der Waals surface area contributed by atoms with Crippen molar-refractivity contribution in [1.82, 2.24) is 5.32 Å². The fourth-order valence-corrected chi connectivity index (χ4v) is 2.67. The van der Waals surface area contributed by atoms with Crippen LogP contribution >= 0.6 is 0 Å². The Labute approximate surface area is 149 Å². The molecule has 2 atom stereocenters. The molecule has 4 nitrogen and oxygen atoms in total. The number of aryl methyl sites for hydroxylation is 1. The highest BCUT2D eigenvalue weighted by atomic mass is 16.5. The van der Waals surface area contributed by atoms with Crippen LogP contribution in [0.3, 0.4) is 0 Å². The third kappa shape index (κ3) is 5.18. The largest absolute Gasteiger partial charge is 0.449 e. The molecule has 0 aromatic heterocycles. The van der Waals surface area contributed by atoms with Crippen molar-refractivity contribution < 1.29 is 14.3 Å². The van der Waals surface area contributed by atoms with E-state index < -0.39 is 12.1 Å². The molecule has 0 heterocycles. The lowest BCUT2D eigenvalue weighted by molar-refractivity contribution is -0.129. The van der Waals surface area contributed by atoms with E-state index in [0.717, 1.165) is 12.0 Å². The smallest absolute Gasteiger partial charge is 0.339 e. The number of carbonyl (C=O) groups excluding carboxylic acids is 2. The number of benzene rings is 2. The van der Waals surface area contributed by atoms with Gasteiger partial charge in [0.2, 0.25) is 0 Å². The van der Waals surface area contributed by atoms with E-state index in [9.17, 15) is 9.59 Å². The van der Waals surface area contributed by atoms with Crippen LogP contribution < -0.4 is 5.32 Å². The Hall–Kier alpha value is -2.62. The summed E-state index contributed by atoms with van der Waals surface area (Å²) in [6.45, 7) is 6.04. The summed E-state index contributed by atoms with van der Waals surface area (Å²) in [5.74, 6) is -0.517. The van der Waals surface area contributed by atoms with Crippen LogP contribution in [0, 0.1) is 6.92 Å². The van der Waals surface area contributed by atoms with Gasteiger partial charge in [0.25, 0.3) is 5.91 Å². The Balaban J connectivity index is 1.90. The summed E-state index contributed by atoms with van der Waals surface area (Å²) in [5.41, 5.74) is 2.50. The van der Waals surface area contributed by atoms with Gasteiger partial charge in [0.15, 0.2) is 6.10 Å². The van der Waals surface area contributed by atoms with E-state index >= 15 is 0 Å². The molecule has 0 aliphatic carbocycles. The second-order valence-corrected chi connectivity index (χ2v) is 6.12. The molecule has 2 aromatic rings. The van der Waals surface area contributed by atoms with Gasteiger partial charge in [-0.25, -0.2) is 4.79 Å². The predicted octanol–water partition coefficient (Wildman–Crippen LogP) is 3.85. The first-order chi connectivity index (χ1) is 12.0. The minimum Gasteiger partial charge on any atom is -0.449 e. The molecule has 0 fully saturated rings. The van der Waals surface area contributed by atoms with Crippen molar-refractivity contribution in [3.63, 3.8) is 0 Å². The molecule has 2 aromatic carbocycles. The van der Waals surface area contributed by atoms with Crippen molar-refractivity contribution in [3.05, 3.63) is 71.3 Å². The van der Waals surface area contributed by atoms with Gasteiger partial charge in [-0.3, -0.25) is 4.79 Å².